The molecule has 0 bridgehead atoms. The van der Waals surface area contributed by atoms with Crippen molar-refractivity contribution in [3.8, 4) is 0 Å². The number of halogens is 1. The second-order valence-corrected chi connectivity index (χ2v) is 9.00. The summed E-state index contributed by atoms with van der Waals surface area (Å²) in [7, 11) is 5.26. The molecule has 1 atom stereocenters. The highest BCUT2D eigenvalue weighted by molar-refractivity contribution is 7.07. The molecule has 4 rings (SSSR count). The number of fused-ring (bicyclic) bond motifs is 1. The van der Waals surface area contributed by atoms with Crippen LogP contribution in [0.2, 0.25) is 5.02 Å². The molecule has 1 unspecified atom stereocenters. The van der Waals surface area contributed by atoms with Crippen LogP contribution in [0.1, 0.15) is 24.1 Å². The quantitative estimate of drug-likeness (QED) is 0.553. The number of benzene rings is 2. The number of anilines is 1. The van der Waals surface area contributed by atoms with Gasteiger partial charge in [0.2, 0.25) is 0 Å². The summed E-state index contributed by atoms with van der Waals surface area (Å²) in [5.74, 6) is -0.537. The van der Waals surface area contributed by atoms with E-state index in [0.29, 0.717) is 31.2 Å². The van der Waals surface area contributed by atoms with Gasteiger partial charge in [-0.3, -0.25) is 9.36 Å². The highest BCUT2D eigenvalue weighted by atomic mass is 35.5. The molecule has 0 amide bonds. The fourth-order valence-electron chi connectivity index (χ4n) is 3.70. The largest absolute Gasteiger partial charge is 0.466 e. The van der Waals surface area contributed by atoms with Gasteiger partial charge in [-0.1, -0.05) is 53.3 Å². The molecule has 3 aromatic rings. The van der Waals surface area contributed by atoms with Crippen LogP contribution < -0.4 is 19.8 Å². The molecule has 2 heterocycles. The molecule has 1 aliphatic heterocycles. The van der Waals surface area contributed by atoms with Crippen molar-refractivity contribution in [2.24, 2.45) is 4.99 Å². The molecule has 0 saturated heterocycles. The minimum atomic E-state index is -0.717. The van der Waals surface area contributed by atoms with E-state index in [1.807, 2.05) is 61.5 Å². The number of hydrogen-bond donors (Lipinski definition) is 0. The number of ether oxygens (including phenoxy) is 1. The number of thiazole rings is 1. The Morgan fingerprint density at radius 3 is 2.50 bits per heavy atom. The smallest absolute Gasteiger partial charge is 0.338 e. The van der Waals surface area contributed by atoms with Crippen LogP contribution >= 0.6 is 22.9 Å². The van der Waals surface area contributed by atoms with Crippen molar-refractivity contribution < 1.29 is 9.53 Å². The van der Waals surface area contributed by atoms with E-state index in [4.69, 9.17) is 16.3 Å². The van der Waals surface area contributed by atoms with Crippen LogP contribution in [-0.2, 0) is 9.53 Å². The zero-order valence-corrected chi connectivity index (χ0v) is 19.7. The van der Waals surface area contributed by atoms with Crippen LogP contribution in [0.5, 0.6) is 0 Å². The van der Waals surface area contributed by atoms with Gasteiger partial charge in [-0.15, -0.1) is 0 Å². The van der Waals surface area contributed by atoms with Crippen molar-refractivity contribution in [3.63, 3.8) is 0 Å². The lowest BCUT2D eigenvalue weighted by Gasteiger charge is -2.25. The number of nitrogens with zero attached hydrogens (tertiary/aromatic N) is 3. The van der Waals surface area contributed by atoms with E-state index >= 15 is 0 Å². The maximum Gasteiger partial charge on any atom is 0.338 e. The van der Waals surface area contributed by atoms with Gasteiger partial charge in [-0.25, -0.2) is 9.79 Å². The van der Waals surface area contributed by atoms with E-state index in [2.05, 4.69) is 4.99 Å². The second-order valence-electron chi connectivity index (χ2n) is 7.58. The molecule has 6 nitrogen and oxygen atoms in total. The van der Waals surface area contributed by atoms with Crippen LogP contribution in [0, 0.1) is 0 Å². The molecule has 2 aromatic carbocycles. The Bertz CT molecular complexity index is 1400. The maximum absolute atomic E-state index is 13.5. The molecule has 0 aliphatic carbocycles. The van der Waals surface area contributed by atoms with Gasteiger partial charge in [0.05, 0.1) is 22.9 Å². The van der Waals surface area contributed by atoms with E-state index in [1.54, 1.807) is 19.1 Å². The van der Waals surface area contributed by atoms with Crippen molar-refractivity contribution in [2.45, 2.75) is 13.0 Å². The molecule has 0 saturated carbocycles. The van der Waals surface area contributed by atoms with E-state index < -0.39 is 12.0 Å². The van der Waals surface area contributed by atoms with E-state index in [9.17, 15) is 9.59 Å². The molecular weight excluding hydrogens is 446 g/mol. The summed E-state index contributed by atoms with van der Waals surface area (Å²) in [4.78, 5) is 33.3. The highest BCUT2D eigenvalue weighted by Gasteiger charge is 2.34. The first-order valence-electron chi connectivity index (χ1n) is 9.94. The standard InChI is InChI=1S/C24H22ClN3O3S/c1-14-20(23(30)31-4)21(17-7-5-6-8-18(17)25)28-22(29)19(32-24(28)26-14)13-15-9-11-16(12-10-15)27(2)3/h5-13,21H,1-4H3. The Balaban J connectivity index is 1.93. The van der Waals surface area contributed by atoms with Crippen LogP contribution in [-0.4, -0.2) is 31.7 Å². The van der Waals surface area contributed by atoms with E-state index in [-0.39, 0.29) is 5.56 Å². The third kappa shape index (κ3) is 3.89. The number of carbonyl (C=O) groups excluding carboxylic acids is 1. The minimum absolute atomic E-state index is 0.232. The lowest BCUT2D eigenvalue weighted by molar-refractivity contribution is -0.136. The summed E-state index contributed by atoms with van der Waals surface area (Å²) in [6.07, 6.45) is 1.84. The zero-order chi connectivity index (χ0) is 23.0. The lowest BCUT2D eigenvalue weighted by atomic mass is 9.96. The van der Waals surface area contributed by atoms with Gasteiger partial charge in [0.15, 0.2) is 4.80 Å². The summed E-state index contributed by atoms with van der Waals surface area (Å²) in [6.45, 7) is 1.74. The van der Waals surface area contributed by atoms with E-state index in [0.717, 1.165) is 11.3 Å². The number of methoxy groups -OCH3 is 1. The Morgan fingerprint density at radius 1 is 1.19 bits per heavy atom. The summed E-state index contributed by atoms with van der Waals surface area (Å²) >= 11 is 7.77. The van der Waals surface area contributed by atoms with Crippen molar-refractivity contribution in [1.29, 1.82) is 0 Å². The summed E-state index contributed by atoms with van der Waals surface area (Å²) < 4.78 is 7.07. The van der Waals surface area contributed by atoms with Crippen LogP contribution in [0.4, 0.5) is 5.69 Å². The normalized spacial score (nSPS) is 15.9. The number of esters is 1. The van der Waals surface area contributed by atoms with Crippen LogP contribution in [0.3, 0.4) is 0 Å². The predicted octanol–water partition coefficient (Wildman–Crippen LogP) is 3.13. The number of hydrogen-bond acceptors (Lipinski definition) is 6. The Morgan fingerprint density at radius 2 is 1.88 bits per heavy atom. The fourth-order valence-corrected chi connectivity index (χ4v) is 4.99. The van der Waals surface area contributed by atoms with Gasteiger partial charge < -0.3 is 9.64 Å². The zero-order valence-electron chi connectivity index (χ0n) is 18.1. The van der Waals surface area contributed by atoms with Gasteiger partial charge >= 0.3 is 5.97 Å². The number of rotatable bonds is 4. The van der Waals surface area contributed by atoms with Gasteiger partial charge in [0.1, 0.15) is 6.04 Å². The second kappa shape index (κ2) is 8.76. The summed E-state index contributed by atoms with van der Waals surface area (Å²) in [5, 5.41) is 0.461. The van der Waals surface area contributed by atoms with Crippen molar-refractivity contribution in [2.75, 3.05) is 26.1 Å². The molecule has 0 fully saturated rings. The Labute approximate surface area is 194 Å². The monoisotopic (exact) mass is 467 g/mol. The van der Waals surface area contributed by atoms with Crippen molar-refractivity contribution >= 4 is 40.7 Å². The first-order chi connectivity index (χ1) is 15.3. The van der Waals surface area contributed by atoms with Crippen molar-refractivity contribution in [1.82, 2.24) is 4.57 Å². The molecule has 1 aromatic heterocycles. The maximum atomic E-state index is 13.5. The first kappa shape index (κ1) is 22.0. The van der Waals surface area contributed by atoms with Gasteiger partial charge in [0.25, 0.3) is 5.56 Å². The number of aromatic nitrogens is 1. The third-order valence-electron chi connectivity index (χ3n) is 5.33. The van der Waals surface area contributed by atoms with E-state index in [1.165, 1.54) is 23.0 Å². The first-order valence-corrected chi connectivity index (χ1v) is 11.1. The molecule has 0 spiro atoms. The van der Waals surface area contributed by atoms with Crippen LogP contribution in [0.25, 0.3) is 6.08 Å². The molecule has 164 valence electrons. The van der Waals surface area contributed by atoms with Crippen LogP contribution in [0.15, 0.2) is 69.6 Å². The average molecular weight is 468 g/mol. The number of carbonyl (C=O) groups is 1. The number of allylic oxidation sites excluding steroid dienone is 1. The molecule has 0 radical (unpaired) electrons. The minimum Gasteiger partial charge on any atom is -0.466 e. The third-order valence-corrected chi connectivity index (χ3v) is 6.66. The van der Waals surface area contributed by atoms with Gasteiger partial charge in [-0.2, -0.15) is 0 Å². The summed E-state index contributed by atoms with van der Waals surface area (Å²) in [6, 6.07) is 14.4. The Hall–Kier alpha value is -3.16. The summed E-state index contributed by atoms with van der Waals surface area (Å²) in [5.41, 5.74) is 3.19. The lowest BCUT2D eigenvalue weighted by Crippen LogP contribution is -2.39. The van der Waals surface area contributed by atoms with Crippen molar-refractivity contribution in [3.05, 3.63) is 95.6 Å². The SMILES string of the molecule is COC(=O)C1=C(C)N=c2sc(=Cc3ccc(N(C)C)cc3)c(=O)n2C1c1ccccc1Cl. The van der Waals surface area contributed by atoms with Gasteiger partial charge in [0, 0.05) is 24.8 Å². The molecule has 1 aliphatic rings. The molecule has 0 N–H and O–H groups in total. The predicted molar refractivity (Wildman–Crippen MR) is 128 cm³/mol. The molecule has 32 heavy (non-hydrogen) atoms. The van der Waals surface area contributed by atoms with Gasteiger partial charge in [-0.05, 0) is 42.3 Å². The molecular formula is C24H22ClN3O3S. The molecule has 8 heteroatoms. The fraction of sp³-hybridized carbons (Fsp3) is 0.208. The highest BCUT2D eigenvalue weighted by Crippen LogP contribution is 2.34. The Kier molecular flexibility index (Phi) is 6.04. The topological polar surface area (TPSA) is 63.9 Å². The average Bonchev–Trinajstić information content (AvgIpc) is 3.07.